The highest BCUT2D eigenvalue weighted by Gasteiger charge is 2.19. The van der Waals surface area contributed by atoms with Gasteiger partial charge in [0.2, 0.25) is 0 Å². The Labute approximate surface area is 124 Å². The molecule has 0 N–H and O–H groups in total. The van der Waals surface area contributed by atoms with Gasteiger partial charge in [0.25, 0.3) is 0 Å². The van der Waals surface area contributed by atoms with Crippen LogP contribution in [0.1, 0.15) is 48.9 Å². The van der Waals surface area contributed by atoms with E-state index in [-0.39, 0.29) is 5.78 Å². The van der Waals surface area contributed by atoms with Crippen LogP contribution in [-0.4, -0.2) is 12.9 Å². The molecular weight excluding hydrogens is 283 g/mol. The number of rotatable bonds is 5. The van der Waals surface area contributed by atoms with Gasteiger partial charge in [0.1, 0.15) is 5.75 Å². The predicted molar refractivity (Wildman–Crippen MR) is 78.5 cm³/mol. The van der Waals surface area contributed by atoms with Gasteiger partial charge in [-0.1, -0.05) is 48.9 Å². The van der Waals surface area contributed by atoms with E-state index in [1.165, 1.54) is 32.8 Å². The smallest absolute Gasteiger partial charge is 0.164 e. The van der Waals surface area contributed by atoms with E-state index >= 15 is 0 Å². The highest BCUT2D eigenvalue weighted by molar-refractivity contribution is 6.37. The maximum absolute atomic E-state index is 12.2. The van der Waals surface area contributed by atoms with Crippen LogP contribution in [0, 0.1) is 5.92 Å². The number of ketones is 1. The van der Waals surface area contributed by atoms with Gasteiger partial charge in [0.15, 0.2) is 5.78 Å². The number of Topliss-reactive ketones (excluding diaryl/α,β-unsaturated/α-hetero) is 1. The SMILES string of the molecule is COc1cc(C(=O)CCC2CCCC2)c(Cl)cc1Cl. The van der Waals surface area contributed by atoms with E-state index in [4.69, 9.17) is 27.9 Å². The number of ether oxygens (including phenoxy) is 1. The minimum atomic E-state index is 0.0758. The molecule has 0 aliphatic heterocycles. The molecule has 1 aromatic carbocycles. The summed E-state index contributed by atoms with van der Waals surface area (Å²) in [6, 6.07) is 3.21. The number of hydrogen-bond acceptors (Lipinski definition) is 2. The van der Waals surface area contributed by atoms with Gasteiger partial charge in [-0.15, -0.1) is 0 Å². The van der Waals surface area contributed by atoms with Crippen molar-refractivity contribution < 1.29 is 9.53 Å². The number of methoxy groups -OCH3 is 1. The third-order valence-corrected chi connectivity index (χ3v) is 4.40. The van der Waals surface area contributed by atoms with Crippen molar-refractivity contribution in [1.82, 2.24) is 0 Å². The summed E-state index contributed by atoms with van der Waals surface area (Å²) in [5, 5.41) is 0.835. The number of benzene rings is 1. The first-order valence-corrected chi connectivity index (χ1v) is 7.43. The Morgan fingerprint density at radius 3 is 2.58 bits per heavy atom. The van der Waals surface area contributed by atoms with E-state index in [0.717, 1.165) is 6.42 Å². The normalized spacial score (nSPS) is 15.7. The molecule has 0 bridgehead atoms. The van der Waals surface area contributed by atoms with E-state index in [1.807, 2.05) is 0 Å². The van der Waals surface area contributed by atoms with Gasteiger partial charge < -0.3 is 4.74 Å². The lowest BCUT2D eigenvalue weighted by Gasteiger charge is -2.10. The summed E-state index contributed by atoms with van der Waals surface area (Å²) in [7, 11) is 1.53. The van der Waals surface area contributed by atoms with Gasteiger partial charge in [-0.05, 0) is 24.5 Å². The van der Waals surface area contributed by atoms with Crippen molar-refractivity contribution in [2.45, 2.75) is 38.5 Å². The van der Waals surface area contributed by atoms with E-state index in [2.05, 4.69) is 0 Å². The van der Waals surface area contributed by atoms with Crippen molar-refractivity contribution in [2.75, 3.05) is 7.11 Å². The second kappa shape index (κ2) is 6.62. The molecule has 0 saturated heterocycles. The minimum absolute atomic E-state index is 0.0758. The van der Waals surface area contributed by atoms with Crippen LogP contribution in [0.5, 0.6) is 5.75 Å². The molecule has 0 spiro atoms. The summed E-state index contributed by atoms with van der Waals surface area (Å²) >= 11 is 12.1. The number of carbonyl (C=O) groups is 1. The molecule has 0 heterocycles. The summed E-state index contributed by atoms with van der Waals surface area (Å²) in [5.74, 6) is 1.28. The van der Waals surface area contributed by atoms with Gasteiger partial charge in [-0.25, -0.2) is 0 Å². The second-order valence-corrected chi connectivity index (χ2v) is 5.89. The molecule has 1 aliphatic rings. The van der Waals surface area contributed by atoms with E-state index in [0.29, 0.717) is 33.7 Å². The Kier molecular flexibility index (Phi) is 5.12. The minimum Gasteiger partial charge on any atom is -0.495 e. The van der Waals surface area contributed by atoms with Gasteiger partial charge in [0, 0.05) is 12.0 Å². The predicted octanol–water partition coefficient (Wildman–Crippen LogP) is 5.16. The fraction of sp³-hybridized carbons (Fsp3) is 0.533. The molecule has 1 saturated carbocycles. The third-order valence-electron chi connectivity index (χ3n) is 3.80. The lowest BCUT2D eigenvalue weighted by Crippen LogP contribution is -2.04. The van der Waals surface area contributed by atoms with Crippen LogP contribution in [0.4, 0.5) is 0 Å². The Balaban J connectivity index is 2.05. The molecule has 4 heteroatoms. The third kappa shape index (κ3) is 3.64. The molecule has 0 amide bonds. The summed E-state index contributed by atoms with van der Waals surface area (Å²) in [4.78, 5) is 12.2. The molecule has 0 aromatic heterocycles. The van der Waals surface area contributed by atoms with Gasteiger partial charge >= 0.3 is 0 Å². The van der Waals surface area contributed by atoms with E-state index in [9.17, 15) is 4.79 Å². The van der Waals surface area contributed by atoms with Crippen molar-refractivity contribution in [1.29, 1.82) is 0 Å². The average Bonchev–Trinajstić information content (AvgIpc) is 2.89. The van der Waals surface area contributed by atoms with Gasteiger partial charge in [0.05, 0.1) is 17.2 Å². The van der Waals surface area contributed by atoms with Crippen molar-refractivity contribution in [3.8, 4) is 5.75 Å². The number of carbonyl (C=O) groups excluding carboxylic acids is 1. The molecule has 2 nitrogen and oxygen atoms in total. The summed E-state index contributed by atoms with van der Waals surface area (Å²) in [6.45, 7) is 0. The lowest BCUT2D eigenvalue weighted by atomic mass is 9.97. The first kappa shape index (κ1) is 14.7. The second-order valence-electron chi connectivity index (χ2n) is 5.08. The molecule has 1 aliphatic carbocycles. The van der Waals surface area contributed by atoms with Crippen LogP contribution in [0.25, 0.3) is 0 Å². The summed E-state index contributed by atoms with van der Waals surface area (Å²) in [5.41, 5.74) is 0.515. The molecule has 0 atom stereocenters. The average molecular weight is 301 g/mol. The Morgan fingerprint density at radius 2 is 1.95 bits per heavy atom. The molecule has 1 fully saturated rings. The maximum atomic E-state index is 12.2. The molecule has 104 valence electrons. The van der Waals surface area contributed by atoms with Crippen molar-refractivity contribution in [3.63, 3.8) is 0 Å². The molecule has 0 unspecified atom stereocenters. The zero-order valence-corrected chi connectivity index (χ0v) is 12.6. The van der Waals surface area contributed by atoms with Crippen LogP contribution < -0.4 is 4.74 Å². The van der Waals surface area contributed by atoms with Crippen molar-refractivity contribution >= 4 is 29.0 Å². The zero-order valence-electron chi connectivity index (χ0n) is 11.0. The van der Waals surface area contributed by atoms with Crippen LogP contribution in [0.3, 0.4) is 0 Å². The quantitative estimate of drug-likeness (QED) is 0.703. The summed E-state index contributed by atoms with van der Waals surface area (Å²) < 4.78 is 5.13. The van der Waals surface area contributed by atoms with Crippen LogP contribution in [0.15, 0.2) is 12.1 Å². The molecule has 1 aromatic rings. The molecule has 19 heavy (non-hydrogen) atoms. The topological polar surface area (TPSA) is 26.3 Å². The van der Waals surface area contributed by atoms with Crippen LogP contribution >= 0.6 is 23.2 Å². The monoisotopic (exact) mass is 300 g/mol. The Bertz CT molecular complexity index is 465. The van der Waals surface area contributed by atoms with Crippen molar-refractivity contribution in [2.24, 2.45) is 5.92 Å². The standard InChI is InChI=1S/C15H18Cl2O2/c1-19-15-8-11(12(16)9-13(15)17)14(18)7-6-10-4-2-3-5-10/h8-10H,2-7H2,1H3. The largest absolute Gasteiger partial charge is 0.495 e. The van der Waals surface area contributed by atoms with E-state index < -0.39 is 0 Å². The zero-order chi connectivity index (χ0) is 13.8. The highest BCUT2D eigenvalue weighted by atomic mass is 35.5. The van der Waals surface area contributed by atoms with Crippen LogP contribution in [-0.2, 0) is 0 Å². The maximum Gasteiger partial charge on any atom is 0.164 e. The van der Waals surface area contributed by atoms with Gasteiger partial charge in [-0.2, -0.15) is 0 Å². The fourth-order valence-corrected chi connectivity index (χ4v) is 3.23. The van der Waals surface area contributed by atoms with Crippen molar-refractivity contribution in [3.05, 3.63) is 27.7 Å². The molecule has 0 radical (unpaired) electrons. The first-order chi connectivity index (χ1) is 9.11. The van der Waals surface area contributed by atoms with E-state index in [1.54, 1.807) is 12.1 Å². The highest BCUT2D eigenvalue weighted by Crippen LogP contribution is 2.33. The first-order valence-electron chi connectivity index (χ1n) is 6.68. The lowest BCUT2D eigenvalue weighted by molar-refractivity contribution is 0.0973. The Hall–Kier alpha value is -0.730. The Morgan fingerprint density at radius 1 is 1.26 bits per heavy atom. The molecule has 2 rings (SSSR count). The number of hydrogen-bond donors (Lipinski definition) is 0. The fourth-order valence-electron chi connectivity index (χ4n) is 2.67. The molecular formula is C15H18Cl2O2. The summed E-state index contributed by atoms with van der Waals surface area (Å²) in [6.07, 6.45) is 6.62. The van der Waals surface area contributed by atoms with Crippen LogP contribution in [0.2, 0.25) is 10.0 Å². The number of halogens is 2. The van der Waals surface area contributed by atoms with Gasteiger partial charge in [-0.3, -0.25) is 4.79 Å².